The Morgan fingerprint density at radius 2 is 1.31 bits per heavy atom. The van der Waals surface area contributed by atoms with Gasteiger partial charge in [-0.15, -0.1) is 0 Å². The molecule has 2 aromatic carbocycles. The number of aromatic hydroxyl groups is 1. The fourth-order valence-electron chi connectivity index (χ4n) is 3.77. The molecule has 0 aliphatic carbocycles. The summed E-state index contributed by atoms with van der Waals surface area (Å²) in [4.78, 5) is 62.4. The van der Waals surface area contributed by atoms with Crippen molar-refractivity contribution < 1.29 is 34.2 Å². The molecule has 12 nitrogen and oxygen atoms in total. The molecule has 4 unspecified atom stereocenters. The Bertz CT molecular complexity index is 1150. The Morgan fingerprint density at radius 1 is 0.769 bits per heavy atom. The Balaban J connectivity index is 2.23. The number of nitrogens with two attached hydrogens (primary N) is 2. The second-order valence-corrected chi connectivity index (χ2v) is 9.53. The summed E-state index contributed by atoms with van der Waals surface area (Å²) in [6, 6.07) is 9.83. The number of primary amides is 1. The van der Waals surface area contributed by atoms with Crippen molar-refractivity contribution in [3.8, 4) is 5.75 Å². The van der Waals surface area contributed by atoms with Crippen molar-refractivity contribution >= 4 is 29.6 Å². The second-order valence-electron chi connectivity index (χ2n) is 9.53. The van der Waals surface area contributed by atoms with Crippen LogP contribution in [0.25, 0.3) is 0 Å². The summed E-state index contributed by atoms with van der Waals surface area (Å²) in [5.41, 5.74) is 12.6. The summed E-state index contributed by atoms with van der Waals surface area (Å²) in [7, 11) is 0. The van der Waals surface area contributed by atoms with Crippen LogP contribution in [0, 0.1) is 5.92 Å². The van der Waals surface area contributed by atoms with Crippen molar-refractivity contribution in [3.63, 3.8) is 0 Å². The summed E-state index contributed by atoms with van der Waals surface area (Å²) in [5, 5.41) is 26.4. The maximum absolute atomic E-state index is 13.2. The highest BCUT2D eigenvalue weighted by atomic mass is 16.4. The van der Waals surface area contributed by atoms with Gasteiger partial charge in [0.25, 0.3) is 0 Å². The topological polar surface area (TPSA) is 214 Å². The van der Waals surface area contributed by atoms with Gasteiger partial charge in [-0.3, -0.25) is 19.2 Å². The first-order chi connectivity index (χ1) is 18.4. The lowest BCUT2D eigenvalue weighted by atomic mass is 10.0. The van der Waals surface area contributed by atoms with Crippen LogP contribution in [0.4, 0.5) is 0 Å². The minimum Gasteiger partial charge on any atom is -0.508 e. The van der Waals surface area contributed by atoms with Crippen molar-refractivity contribution in [2.45, 2.75) is 57.3 Å². The average molecular weight is 542 g/mol. The summed E-state index contributed by atoms with van der Waals surface area (Å²) in [5.74, 6) is -4.97. The minimum atomic E-state index is -1.44. The van der Waals surface area contributed by atoms with Crippen LogP contribution >= 0.6 is 0 Å². The number of hydrogen-bond acceptors (Lipinski definition) is 7. The largest absolute Gasteiger partial charge is 0.508 e. The predicted molar refractivity (Wildman–Crippen MR) is 142 cm³/mol. The smallest absolute Gasteiger partial charge is 0.326 e. The quantitative estimate of drug-likeness (QED) is 0.166. The number of aliphatic carboxylic acids is 1. The van der Waals surface area contributed by atoms with E-state index in [1.165, 1.54) is 24.3 Å². The zero-order valence-electron chi connectivity index (χ0n) is 21.8. The second kappa shape index (κ2) is 14.5. The Kier molecular flexibility index (Phi) is 11.4. The maximum Gasteiger partial charge on any atom is 0.326 e. The van der Waals surface area contributed by atoms with Crippen LogP contribution in [0.2, 0.25) is 0 Å². The molecule has 0 fully saturated rings. The first-order valence-electron chi connectivity index (χ1n) is 12.4. The van der Waals surface area contributed by atoms with Gasteiger partial charge in [-0.2, -0.15) is 0 Å². The van der Waals surface area contributed by atoms with E-state index in [9.17, 15) is 34.2 Å². The van der Waals surface area contributed by atoms with Crippen LogP contribution in [0.1, 0.15) is 31.4 Å². The fourth-order valence-corrected chi connectivity index (χ4v) is 3.77. The third kappa shape index (κ3) is 10.1. The van der Waals surface area contributed by atoms with Crippen molar-refractivity contribution in [1.29, 1.82) is 0 Å². The minimum absolute atomic E-state index is 0.00869. The van der Waals surface area contributed by atoms with Gasteiger partial charge in [0.1, 0.15) is 23.9 Å². The third-order valence-corrected chi connectivity index (χ3v) is 5.91. The van der Waals surface area contributed by atoms with Crippen molar-refractivity contribution in [2.75, 3.05) is 0 Å². The molecule has 0 saturated carbocycles. The molecule has 4 atom stereocenters. The fraction of sp³-hybridized carbons (Fsp3) is 0.370. The molecule has 39 heavy (non-hydrogen) atoms. The number of benzene rings is 2. The molecule has 0 radical (unpaired) electrons. The molecule has 2 rings (SSSR count). The van der Waals surface area contributed by atoms with Crippen LogP contribution < -0.4 is 27.4 Å². The Morgan fingerprint density at radius 3 is 1.85 bits per heavy atom. The number of carbonyl (C=O) groups excluding carboxylic acids is 4. The monoisotopic (exact) mass is 541 g/mol. The molecule has 0 bridgehead atoms. The average Bonchev–Trinajstić information content (AvgIpc) is 2.87. The first-order valence-corrected chi connectivity index (χ1v) is 12.4. The molecule has 12 heteroatoms. The molecular formula is C27H35N5O7. The number of rotatable bonds is 14. The van der Waals surface area contributed by atoms with Crippen LogP contribution in [0.5, 0.6) is 5.75 Å². The van der Waals surface area contributed by atoms with E-state index in [0.29, 0.717) is 5.56 Å². The van der Waals surface area contributed by atoms with Crippen molar-refractivity contribution in [3.05, 3.63) is 65.7 Å². The molecule has 0 heterocycles. The summed E-state index contributed by atoms with van der Waals surface area (Å²) in [6.07, 6.45) is -0.463. The van der Waals surface area contributed by atoms with Gasteiger partial charge in [-0.05, 0) is 35.6 Å². The van der Waals surface area contributed by atoms with Gasteiger partial charge in [0, 0.05) is 6.42 Å². The number of hydrogen-bond donors (Lipinski definition) is 7. The zero-order valence-corrected chi connectivity index (χ0v) is 21.8. The van der Waals surface area contributed by atoms with Crippen LogP contribution in [0.15, 0.2) is 54.6 Å². The standard InChI is InChI=1S/C27H35N5O7/c1-15(2)23(27(38)39)32-26(37)20(13-17-8-10-18(33)11-9-17)31-25(36)21(14-22(29)34)30-24(35)19(28)12-16-6-4-3-5-7-16/h3-11,15,19-21,23,33H,12-14,28H2,1-2H3,(H2,29,34)(H,30,35)(H,31,36)(H,32,37)(H,38,39). The van der Waals surface area contributed by atoms with E-state index in [-0.39, 0.29) is 18.6 Å². The third-order valence-electron chi connectivity index (χ3n) is 5.91. The molecule has 0 aromatic heterocycles. The van der Waals surface area contributed by atoms with E-state index in [0.717, 1.165) is 5.56 Å². The first kappa shape index (κ1) is 30.8. The number of carbonyl (C=O) groups is 5. The molecule has 0 aliphatic rings. The highest BCUT2D eigenvalue weighted by molar-refractivity contribution is 5.96. The van der Waals surface area contributed by atoms with Crippen LogP contribution in [-0.2, 0) is 36.8 Å². The van der Waals surface area contributed by atoms with Gasteiger partial charge in [-0.1, -0.05) is 56.3 Å². The Hall–Kier alpha value is -4.45. The van der Waals surface area contributed by atoms with E-state index in [1.54, 1.807) is 38.1 Å². The lowest BCUT2D eigenvalue weighted by Crippen LogP contribution is -2.58. The van der Waals surface area contributed by atoms with E-state index in [1.807, 2.05) is 6.07 Å². The zero-order chi connectivity index (χ0) is 29.1. The number of carboxylic acid groups (broad SMARTS) is 1. The van der Waals surface area contributed by atoms with Gasteiger partial charge in [0.15, 0.2) is 0 Å². The van der Waals surface area contributed by atoms with Gasteiger partial charge in [0.2, 0.25) is 23.6 Å². The van der Waals surface area contributed by atoms with Gasteiger partial charge in [0.05, 0.1) is 12.5 Å². The van der Waals surface area contributed by atoms with Gasteiger partial charge >= 0.3 is 5.97 Å². The van der Waals surface area contributed by atoms with Crippen molar-refractivity contribution in [2.24, 2.45) is 17.4 Å². The summed E-state index contributed by atoms with van der Waals surface area (Å²) < 4.78 is 0. The number of phenolic OH excluding ortho intramolecular Hbond substituents is 1. The van der Waals surface area contributed by atoms with E-state index >= 15 is 0 Å². The normalized spacial score (nSPS) is 13.9. The molecule has 210 valence electrons. The number of phenols is 1. The van der Waals surface area contributed by atoms with E-state index in [2.05, 4.69) is 16.0 Å². The lowest BCUT2D eigenvalue weighted by molar-refractivity contribution is -0.143. The van der Waals surface area contributed by atoms with Crippen LogP contribution in [0.3, 0.4) is 0 Å². The molecular weight excluding hydrogens is 506 g/mol. The number of amides is 4. The molecule has 0 saturated heterocycles. The van der Waals surface area contributed by atoms with Gasteiger partial charge in [-0.25, -0.2) is 4.79 Å². The van der Waals surface area contributed by atoms with Crippen LogP contribution in [-0.4, -0.2) is 64.0 Å². The Labute approximate surface area is 226 Å². The van der Waals surface area contributed by atoms with Crippen molar-refractivity contribution in [1.82, 2.24) is 16.0 Å². The lowest BCUT2D eigenvalue weighted by Gasteiger charge is -2.26. The molecule has 4 amide bonds. The summed E-state index contributed by atoms with van der Waals surface area (Å²) in [6.45, 7) is 3.23. The molecule has 2 aromatic rings. The number of carboxylic acids is 1. The molecule has 0 spiro atoms. The molecule has 0 aliphatic heterocycles. The number of nitrogens with one attached hydrogen (secondary N) is 3. The SMILES string of the molecule is CC(C)C(NC(=O)C(Cc1ccc(O)cc1)NC(=O)C(CC(N)=O)NC(=O)C(N)Cc1ccccc1)C(=O)O. The highest BCUT2D eigenvalue weighted by Crippen LogP contribution is 2.13. The maximum atomic E-state index is 13.2. The summed E-state index contributed by atoms with van der Waals surface area (Å²) >= 11 is 0. The van der Waals surface area contributed by atoms with E-state index < -0.39 is 66.1 Å². The predicted octanol–water partition coefficient (Wildman–Crippen LogP) is -0.425. The highest BCUT2D eigenvalue weighted by Gasteiger charge is 2.32. The molecule has 9 N–H and O–H groups in total. The van der Waals surface area contributed by atoms with Gasteiger partial charge < -0.3 is 37.6 Å². The van der Waals surface area contributed by atoms with E-state index in [4.69, 9.17) is 11.5 Å².